The molecule has 2 aromatic rings. The smallest absolute Gasteiger partial charge is 0.311 e. The van der Waals surface area contributed by atoms with Crippen LogP contribution in [-0.4, -0.2) is 38.9 Å². The largest absolute Gasteiger partial charge is 0.481 e. The Morgan fingerprint density at radius 1 is 1.35 bits per heavy atom. The van der Waals surface area contributed by atoms with Gasteiger partial charge in [0.05, 0.1) is 12.1 Å². The van der Waals surface area contributed by atoms with E-state index >= 15 is 0 Å². The normalized spacial score (nSPS) is 17.6. The lowest BCUT2D eigenvalue weighted by Gasteiger charge is -2.32. The van der Waals surface area contributed by atoms with Gasteiger partial charge in [-0.1, -0.05) is 18.2 Å². The fraction of sp³-hybridized carbons (Fsp3) is 0.231. The Morgan fingerprint density at radius 3 is 2.85 bits per heavy atom. The number of hydrogen-bond donors (Lipinski definition) is 2. The Kier molecular flexibility index (Phi) is 2.94. The molecule has 0 spiro atoms. The van der Waals surface area contributed by atoms with Crippen molar-refractivity contribution in [2.75, 3.05) is 11.4 Å². The first-order chi connectivity index (χ1) is 9.68. The maximum atomic E-state index is 12.4. The summed E-state index contributed by atoms with van der Waals surface area (Å²) in [4.78, 5) is 25.2. The summed E-state index contributed by atoms with van der Waals surface area (Å²) >= 11 is 0. The first-order valence-corrected chi connectivity index (χ1v) is 6.18. The molecule has 0 bridgehead atoms. The highest BCUT2D eigenvalue weighted by Gasteiger charge is 2.33. The van der Waals surface area contributed by atoms with E-state index in [-0.39, 0.29) is 11.6 Å². The predicted octanol–water partition coefficient (Wildman–Crippen LogP) is 1.02. The number of hydrogen-bond acceptors (Lipinski definition) is 4. The molecule has 0 fully saturated rings. The Balaban J connectivity index is 2.01. The van der Waals surface area contributed by atoms with Crippen LogP contribution in [-0.2, 0) is 4.79 Å². The van der Waals surface area contributed by atoms with Crippen LogP contribution in [0.1, 0.15) is 28.4 Å². The number of para-hydroxylation sites is 1. The first-order valence-electron chi connectivity index (χ1n) is 6.18. The second-order valence-electron chi connectivity index (χ2n) is 4.55. The minimum absolute atomic E-state index is 0.216. The van der Waals surface area contributed by atoms with Gasteiger partial charge < -0.3 is 10.0 Å². The van der Waals surface area contributed by atoms with Crippen molar-refractivity contribution >= 4 is 17.6 Å². The van der Waals surface area contributed by atoms with Gasteiger partial charge in [-0.15, -0.1) is 0 Å². The number of nitrogens with zero attached hydrogens (tertiary/aromatic N) is 3. The molecule has 1 unspecified atom stereocenters. The minimum atomic E-state index is -0.869. The van der Waals surface area contributed by atoms with E-state index < -0.39 is 11.9 Å². The number of H-pyrrole nitrogens is 1. The molecule has 1 amide bonds. The minimum Gasteiger partial charge on any atom is -0.481 e. The monoisotopic (exact) mass is 272 g/mol. The standard InChI is InChI=1S/C13H12N4O3/c18-12(10-7-14-16-15-10)17-6-5-9(13(19)20)8-3-1-2-4-11(8)17/h1-4,7,9H,5-6H2,(H,19,20)(H,14,15,16). The molecule has 2 N–H and O–H groups in total. The number of carboxylic acid groups (broad SMARTS) is 1. The zero-order valence-electron chi connectivity index (χ0n) is 10.5. The first kappa shape index (κ1) is 12.3. The number of aromatic nitrogens is 3. The van der Waals surface area contributed by atoms with Gasteiger partial charge in [-0.3, -0.25) is 9.59 Å². The lowest BCUT2D eigenvalue weighted by atomic mass is 9.90. The highest BCUT2D eigenvalue weighted by molar-refractivity contribution is 6.05. The van der Waals surface area contributed by atoms with Crippen LogP contribution >= 0.6 is 0 Å². The van der Waals surface area contributed by atoms with Gasteiger partial charge in [0.2, 0.25) is 0 Å². The van der Waals surface area contributed by atoms with Crippen LogP contribution in [0.5, 0.6) is 0 Å². The van der Waals surface area contributed by atoms with Gasteiger partial charge in [0.15, 0.2) is 5.69 Å². The molecular formula is C13H12N4O3. The van der Waals surface area contributed by atoms with E-state index in [9.17, 15) is 14.7 Å². The van der Waals surface area contributed by atoms with Crippen LogP contribution in [0, 0.1) is 0 Å². The third kappa shape index (κ3) is 1.93. The van der Waals surface area contributed by atoms with Crippen molar-refractivity contribution in [3.63, 3.8) is 0 Å². The quantitative estimate of drug-likeness (QED) is 0.850. The average Bonchev–Trinajstić information content (AvgIpc) is 2.99. The zero-order valence-corrected chi connectivity index (χ0v) is 10.5. The number of nitrogens with one attached hydrogen (secondary N) is 1. The summed E-state index contributed by atoms with van der Waals surface area (Å²) < 4.78 is 0. The number of anilines is 1. The van der Waals surface area contributed by atoms with E-state index in [4.69, 9.17) is 0 Å². The van der Waals surface area contributed by atoms with Crippen LogP contribution in [0.25, 0.3) is 0 Å². The van der Waals surface area contributed by atoms with Crippen LogP contribution in [0.4, 0.5) is 5.69 Å². The van der Waals surface area contributed by atoms with Gasteiger partial charge in [0.25, 0.3) is 5.91 Å². The summed E-state index contributed by atoms with van der Waals surface area (Å²) in [6.07, 6.45) is 1.74. The maximum Gasteiger partial charge on any atom is 0.311 e. The van der Waals surface area contributed by atoms with Crippen LogP contribution in [0.2, 0.25) is 0 Å². The number of amides is 1. The maximum absolute atomic E-state index is 12.4. The van der Waals surface area contributed by atoms with E-state index in [1.165, 1.54) is 6.20 Å². The van der Waals surface area contributed by atoms with E-state index in [0.717, 1.165) is 0 Å². The second kappa shape index (κ2) is 4.76. The van der Waals surface area contributed by atoms with Crippen LogP contribution in [0.15, 0.2) is 30.5 Å². The summed E-state index contributed by atoms with van der Waals surface area (Å²) in [6, 6.07) is 7.06. The number of fused-ring (bicyclic) bond motifs is 1. The van der Waals surface area contributed by atoms with Gasteiger partial charge in [-0.05, 0) is 18.1 Å². The molecule has 2 heterocycles. The SMILES string of the molecule is O=C(O)C1CCN(C(=O)c2cn[nH]n2)c2ccccc21. The van der Waals surface area contributed by atoms with Crippen molar-refractivity contribution in [3.05, 3.63) is 41.7 Å². The van der Waals surface area contributed by atoms with E-state index in [1.54, 1.807) is 29.2 Å². The lowest BCUT2D eigenvalue weighted by molar-refractivity contribution is -0.139. The van der Waals surface area contributed by atoms with E-state index in [0.29, 0.717) is 24.2 Å². The molecule has 3 rings (SSSR count). The summed E-state index contributed by atoms with van der Waals surface area (Å²) in [6.45, 7) is 0.347. The van der Waals surface area contributed by atoms with Gasteiger partial charge in [0.1, 0.15) is 0 Å². The predicted molar refractivity (Wildman–Crippen MR) is 69.5 cm³/mol. The Bertz CT molecular complexity index is 653. The number of aromatic amines is 1. The van der Waals surface area contributed by atoms with Gasteiger partial charge in [-0.2, -0.15) is 15.4 Å². The third-order valence-corrected chi connectivity index (χ3v) is 3.42. The molecule has 1 aliphatic heterocycles. The fourth-order valence-electron chi connectivity index (χ4n) is 2.47. The molecule has 0 saturated heterocycles. The molecule has 102 valence electrons. The van der Waals surface area contributed by atoms with E-state index in [2.05, 4.69) is 15.4 Å². The van der Waals surface area contributed by atoms with Crippen molar-refractivity contribution in [3.8, 4) is 0 Å². The highest BCUT2D eigenvalue weighted by Crippen LogP contribution is 2.35. The summed E-state index contributed by atoms with van der Waals surface area (Å²) in [7, 11) is 0. The lowest BCUT2D eigenvalue weighted by Crippen LogP contribution is -2.38. The van der Waals surface area contributed by atoms with Crippen LogP contribution in [0.3, 0.4) is 0 Å². The van der Waals surface area contributed by atoms with Gasteiger partial charge >= 0.3 is 5.97 Å². The highest BCUT2D eigenvalue weighted by atomic mass is 16.4. The topological polar surface area (TPSA) is 99.2 Å². The summed E-state index contributed by atoms with van der Waals surface area (Å²) in [5.74, 6) is -1.73. The molecule has 0 radical (unpaired) electrons. The Labute approximate surface area is 114 Å². The number of aliphatic carboxylic acids is 1. The molecule has 7 heteroatoms. The average molecular weight is 272 g/mol. The molecule has 1 atom stereocenters. The molecular weight excluding hydrogens is 260 g/mol. The number of carbonyl (C=O) groups is 2. The molecule has 7 nitrogen and oxygen atoms in total. The van der Waals surface area contributed by atoms with Crippen molar-refractivity contribution in [1.82, 2.24) is 15.4 Å². The molecule has 1 aliphatic rings. The summed E-state index contributed by atoms with van der Waals surface area (Å²) in [5, 5.41) is 19.1. The third-order valence-electron chi connectivity index (χ3n) is 3.42. The van der Waals surface area contributed by atoms with Gasteiger partial charge in [0, 0.05) is 12.2 Å². The fourth-order valence-corrected chi connectivity index (χ4v) is 2.47. The number of benzene rings is 1. The number of carboxylic acids is 1. The van der Waals surface area contributed by atoms with Crippen molar-refractivity contribution in [1.29, 1.82) is 0 Å². The molecule has 1 aromatic carbocycles. The van der Waals surface area contributed by atoms with Crippen molar-refractivity contribution in [2.45, 2.75) is 12.3 Å². The second-order valence-corrected chi connectivity index (χ2v) is 4.55. The van der Waals surface area contributed by atoms with E-state index in [1.807, 2.05) is 0 Å². The summed E-state index contributed by atoms with van der Waals surface area (Å²) in [5.41, 5.74) is 1.50. The molecule has 1 aromatic heterocycles. The number of rotatable bonds is 2. The zero-order chi connectivity index (χ0) is 14.1. The molecule has 0 aliphatic carbocycles. The van der Waals surface area contributed by atoms with Crippen molar-refractivity contribution in [2.24, 2.45) is 0 Å². The van der Waals surface area contributed by atoms with Crippen molar-refractivity contribution < 1.29 is 14.7 Å². The molecule has 0 saturated carbocycles. The van der Waals surface area contributed by atoms with Gasteiger partial charge in [-0.25, -0.2) is 0 Å². The Morgan fingerprint density at radius 2 is 2.15 bits per heavy atom. The van der Waals surface area contributed by atoms with Crippen LogP contribution < -0.4 is 4.90 Å². The number of carbonyl (C=O) groups excluding carboxylic acids is 1. The Hall–Kier alpha value is -2.70. The molecule has 20 heavy (non-hydrogen) atoms.